The summed E-state index contributed by atoms with van der Waals surface area (Å²) in [5, 5.41) is -1.81. The summed E-state index contributed by atoms with van der Waals surface area (Å²) in [4.78, 5) is 18.1. The maximum absolute atomic E-state index is 11.6. The van der Waals surface area contributed by atoms with Crippen LogP contribution in [0.25, 0.3) is 0 Å². The van der Waals surface area contributed by atoms with Crippen LogP contribution in [0.4, 0.5) is 74.6 Å². The minimum Gasteiger partial charge on any atom is -0.345 e. The topological polar surface area (TPSA) is 61.8 Å². The predicted octanol–water partition coefficient (Wildman–Crippen LogP) is 8.50. The Balaban J connectivity index is -0.000000130. The van der Waals surface area contributed by atoms with Gasteiger partial charge in [0, 0.05) is 7.11 Å². The number of hydrogen-bond donors (Lipinski definition) is 0. The van der Waals surface area contributed by atoms with Gasteiger partial charge in [-0.1, -0.05) is 58.0 Å². The molecular formula is C13H10Cl5F17O5. The molecule has 0 radical (unpaired) electrons. The summed E-state index contributed by atoms with van der Waals surface area (Å²) in [5.74, 6) is 0. The molecule has 0 aliphatic heterocycles. The SMILES string of the molecule is COC(F)C(F)(F)F.FC(F)OC(F)C(F)(F)F.FC(OC(Cl)Cl)C(F)(F)F.O=CC(Cl)(Cl)Cl.O=CC(F)(F)F. The second kappa shape index (κ2) is 22.1. The van der Waals surface area contributed by atoms with E-state index in [4.69, 9.17) is 39.6 Å². The third-order valence-electron chi connectivity index (χ3n) is 1.69. The molecule has 3 unspecified atom stereocenters. The minimum absolute atomic E-state index is 0.234. The fraction of sp³-hybridized carbons (Fsp3) is 0.846. The third-order valence-corrected chi connectivity index (χ3v) is 2.16. The van der Waals surface area contributed by atoms with E-state index in [1.165, 1.54) is 0 Å². The first-order valence-electron chi connectivity index (χ1n) is 7.86. The molecule has 0 amide bonds. The molecule has 3 atom stereocenters. The van der Waals surface area contributed by atoms with Gasteiger partial charge in [-0.15, -0.1) is 0 Å². The molecule has 0 N–H and O–H groups in total. The number of carbonyl (C=O) groups is 2. The second-order valence-corrected chi connectivity index (χ2v) is 8.31. The van der Waals surface area contributed by atoms with Gasteiger partial charge in [-0.25, -0.2) is 13.2 Å². The summed E-state index contributed by atoms with van der Waals surface area (Å²) in [6.45, 7) is -3.75. The number of hydrogen-bond acceptors (Lipinski definition) is 5. The molecule has 5 nitrogen and oxygen atoms in total. The van der Waals surface area contributed by atoms with Crippen LogP contribution in [0.2, 0.25) is 0 Å². The normalized spacial score (nSPS) is 14.5. The van der Waals surface area contributed by atoms with Crippen LogP contribution >= 0.6 is 58.0 Å². The molecule has 0 aliphatic carbocycles. The molecule has 0 saturated carbocycles. The fourth-order valence-electron chi connectivity index (χ4n) is 0.469. The van der Waals surface area contributed by atoms with Gasteiger partial charge in [0.1, 0.15) is 0 Å². The fourth-order valence-corrected chi connectivity index (χ4v) is 0.649. The summed E-state index contributed by atoms with van der Waals surface area (Å²) in [7, 11) is 0.651. The highest BCUT2D eigenvalue weighted by atomic mass is 35.6. The van der Waals surface area contributed by atoms with Gasteiger partial charge in [-0.3, -0.25) is 14.3 Å². The Morgan fingerprint density at radius 3 is 0.875 bits per heavy atom. The number of alkyl halides is 22. The molecule has 40 heavy (non-hydrogen) atoms. The quantitative estimate of drug-likeness (QED) is 0.161. The summed E-state index contributed by atoms with van der Waals surface area (Å²) in [5.41, 5.74) is 0. The Kier molecular flexibility index (Phi) is 27.1. The highest BCUT2D eigenvalue weighted by Gasteiger charge is 2.43. The molecule has 0 rings (SSSR count). The summed E-state index contributed by atoms with van der Waals surface area (Å²) in [6.07, 6.45) is -31.3. The van der Waals surface area contributed by atoms with Crippen LogP contribution in [0.15, 0.2) is 0 Å². The van der Waals surface area contributed by atoms with Gasteiger partial charge < -0.3 is 9.47 Å². The molecule has 0 bridgehead atoms. The van der Waals surface area contributed by atoms with Crippen molar-refractivity contribution in [2.24, 2.45) is 0 Å². The molecule has 246 valence electrons. The monoisotopic (exact) mass is 744 g/mol. The van der Waals surface area contributed by atoms with Gasteiger partial charge in [0.2, 0.25) is 15.1 Å². The molecule has 0 heterocycles. The van der Waals surface area contributed by atoms with Crippen LogP contribution in [0, 0.1) is 0 Å². The third kappa shape index (κ3) is 44.5. The van der Waals surface area contributed by atoms with Crippen molar-refractivity contribution in [3.8, 4) is 0 Å². The van der Waals surface area contributed by atoms with E-state index < -0.39 is 65.5 Å². The van der Waals surface area contributed by atoms with Gasteiger partial charge in [-0.2, -0.15) is 61.5 Å². The second-order valence-electron chi connectivity index (χ2n) is 4.92. The Morgan fingerprint density at radius 2 is 0.825 bits per heavy atom. The molecule has 0 aliphatic rings. The van der Waals surface area contributed by atoms with Crippen LogP contribution < -0.4 is 0 Å². The van der Waals surface area contributed by atoms with Crippen molar-refractivity contribution in [3.05, 3.63) is 0 Å². The first-order valence-corrected chi connectivity index (χ1v) is 9.87. The Morgan fingerprint density at radius 1 is 0.575 bits per heavy atom. The molecule has 0 fully saturated rings. The van der Waals surface area contributed by atoms with Crippen LogP contribution in [0.3, 0.4) is 0 Å². The number of methoxy groups -OCH3 is 1. The van der Waals surface area contributed by atoms with E-state index in [1.807, 2.05) is 0 Å². The Hall–Kier alpha value is -0.520. The molecule has 0 aromatic carbocycles. The molecular weight excluding hydrogens is 736 g/mol. The maximum atomic E-state index is 11.6. The van der Waals surface area contributed by atoms with Crippen molar-refractivity contribution in [2.45, 2.75) is 59.2 Å². The van der Waals surface area contributed by atoms with Crippen molar-refractivity contribution >= 4 is 70.6 Å². The van der Waals surface area contributed by atoms with Crippen molar-refractivity contribution in [3.63, 3.8) is 0 Å². The minimum atomic E-state index is -5.38. The van der Waals surface area contributed by atoms with Crippen molar-refractivity contribution in [1.82, 2.24) is 0 Å². The number of aldehydes is 2. The zero-order chi connectivity index (χ0) is 33.9. The molecule has 27 heteroatoms. The first kappa shape index (κ1) is 49.2. The standard InChI is InChI=1S/C3H2Cl2F4O.C3H2F6O.C3H4F4O.C2HCl3O.C2HF3O/c4-2(5)10-1(6)3(7,8)9;4-1(3(7,8)9)10-2(5)6;1-8-2(4)3(5,6)7;2*3-2(4,5)1-6/h2*1-2H;2H,1H3;2*1H. The largest absolute Gasteiger partial charge is 0.446 e. The molecule has 0 saturated heterocycles. The zero-order valence-corrected chi connectivity index (χ0v) is 21.7. The lowest BCUT2D eigenvalue weighted by Crippen LogP contribution is -2.28. The number of carbonyl (C=O) groups excluding carboxylic acids is 2. The van der Waals surface area contributed by atoms with Gasteiger partial charge in [0.05, 0.1) is 0 Å². The lowest BCUT2D eigenvalue weighted by molar-refractivity contribution is -0.312. The van der Waals surface area contributed by atoms with Crippen LogP contribution in [-0.2, 0) is 23.8 Å². The Labute approximate surface area is 235 Å². The Bertz CT molecular complexity index is 594. The van der Waals surface area contributed by atoms with Crippen molar-refractivity contribution in [1.29, 1.82) is 0 Å². The van der Waals surface area contributed by atoms with Crippen molar-refractivity contribution in [2.75, 3.05) is 7.11 Å². The van der Waals surface area contributed by atoms with Gasteiger partial charge in [0.25, 0.3) is 19.1 Å². The molecule has 0 spiro atoms. The van der Waals surface area contributed by atoms with E-state index in [0.29, 0.717) is 7.11 Å². The van der Waals surface area contributed by atoms with E-state index in [1.54, 1.807) is 0 Å². The van der Waals surface area contributed by atoms with Gasteiger partial charge >= 0.3 is 31.3 Å². The summed E-state index contributed by atoms with van der Waals surface area (Å²) in [6, 6.07) is 0. The predicted molar refractivity (Wildman–Crippen MR) is 102 cm³/mol. The van der Waals surface area contributed by atoms with Gasteiger partial charge in [-0.05, 0) is 0 Å². The van der Waals surface area contributed by atoms with E-state index in [0.717, 1.165) is 0 Å². The van der Waals surface area contributed by atoms with Gasteiger partial charge in [0.15, 0.2) is 6.29 Å². The van der Waals surface area contributed by atoms with E-state index >= 15 is 0 Å². The smallest absolute Gasteiger partial charge is 0.345 e. The van der Waals surface area contributed by atoms with E-state index in [-0.39, 0.29) is 6.29 Å². The zero-order valence-electron chi connectivity index (χ0n) is 17.9. The summed E-state index contributed by atoms with van der Waals surface area (Å²) < 4.78 is 194. The molecule has 0 aromatic rings. The number of rotatable bonds is 5. The lowest BCUT2D eigenvalue weighted by Gasteiger charge is -2.12. The average Bonchev–Trinajstić information content (AvgIpc) is 2.71. The maximum Gasteiger partial charge on any atom is 0.446 e. The van der Waals surface area contributed by atoms with Crippen LogP contribution in [0.1, 0.15) is 0 Å². The summed E-state index contributed by atoms with van der Waals surface area (Å²) >= 11 is 24.0. The average molecular weight is 746 g/mol. The van der Waals surface area contributed by atoms with Crippen LogP contribution in [-0.4, -0.2) is 78.9 Å². The number of ether oxygens (including phenoxy) is 3. The highest BCUT2D eigenvalue weighted by Crippen LogP contribution is 2.27. The number of halogens is 22. The lowest BCUT2D eigenvalue weighted by atomic mass is 10.7. The van der Waals surface area contributed by atoms with E-state index in [2.05, 4.69) is 37.4 Å². The van der Waals surface area contributed by atoms with E-state index in [9.17, 15) is 79.4 Å². The van der Waals surface area contributed by atoms with Crippen LogP contribution in [0.5, 0.6) is 0 Å². The first-order chi connectivity index (χ1) is 17.3. The van der Waals surface area contributed by atoms with Crippen molar-refractivity contribution < 1.29 is 98.4 Å². The highest BCUT2D eigenvalue weighted by molar-refractivity contribution is 6.74. The molecule has 0 aromatic heterocycles.